The maximum atomic E-state index is 4.32. The lowest BCUT2D eigenvalue weighted by Crippen LogP contribution is -2.36. The minimum absolute atomic E-state index is 0.813. The number of likely N-dealkylation sites (N-methyl/N-ethyl adjacent to an activating group) is 2. The Balaban J connectivity index is 1.72. The fourth-order valence-corrected chi connectivity index (χ4v) is 3.09. The summed E-state index contributed by atoms with van der Waals surface area (Å²) in [5, 5.41) is 0.845. The van der Waals surface area contributed by atoms with Crippen LogP contribution in [0.2, 0.25) is 0 Å². The van der Waals surface area contributed by atoms with Gasteiger partial charge in [0, 0.05) is 43.6 Å². The molecule has 1 heterocycles. The second kappa shape index (κ2) is 7.96. The van der Waals surface area contributed by atoms with Gasteiger partial charge in [0.15, 0.2) is 5.16 Å². The van der Waals surface area contributed by atoms with Crippen LogP contribution in [0.25, 0.3) is 0 Å². The highest BCUT2D eigenvalue weighted by atomic mass is 32.2. The first kappa shape index (κ1) is 15.7. The van der Waals surface area contributed by atoms with Crippen molar-refractivity contribution in [3.8, 4) is 0 Å². The molecular weight excluding hydrogens is 268 g/mol. The van der Waals surface area contributed by atoms with Gasteiger partial charge in [-0.2, -0.15) is 0 Å². The summed E-state index contributed by atoms with van der Waals surface area (Å²) in [6.07, 6.45) is 11.5. The van der Waals surface area contributed by atoms with Crippen LogP contribution in [0, 0.1) is 0 Å². The van der Waals surface area contributed by atoms with Gasteiger partial charge in [0.2, 0.25) is 0 Å². The van der Waals surface area contributed by atoms with Crippen molar-refractivity contribution in [2.45, 2.75) is 43.4 Å². The van der Waals surface area contributed by atoms with Gasteiger partial charge >= 0.3 is 0 Å². The Morgan fingerprint density at radius 2 is 1.80 bits per heavy atom. The van der Waals surface area contributed by atoms with E-state index in [0.717, 1.165) is 30.8 Å². The number of thioether (sulfide) groups is 1. The second-order valence-corrected chi connectivity index (χ2v) is 6.51. The fraction of sp³-hybridized carbons (Fsp3) is 0.733. The number of rotatable bonds is 7. The Bertz CT molecular complexity index is 389. The van der Waals surface area contributed by atoms with E-state index in [1.807, 2.05) is 18.6 Å². The highest BCUT2D eigenvalue weighted by Crippen LogP contribution is 2.22. The van der Waals surface area contributed by atoms with Gasteiger partial charge in [-0.25, -0.2) is 9.97 Å². The predicted octanol–water partition coefficient (Wildman–Crippen LogP) is 2.50. The van der Waals surface area contributed by atoms with Crippen LogP contribution in [0.3, 0.4) is 0 Å². The van der Waals surface area contributed by atoms with Crippen LogP contribution < -0.4 is 0 Å². The summed E-state index contributed by atoms with van der Waals surface area (Å²) >= 11 is 1.58. The van der Waals surface area contributed by atoms with Crippen molar-refractivity contribution in [3.05, 3.63) is 18.0 Å². The molecule has 4 nitrogen and oxygen atoms in total. The van der Waals surface area contributed by atoms with Crippen molar-refractivity contribution in [1.82, 2.24) is 19.8 Å². The van der Waals surface area contributed by atoms with Crippen LogP contribution in [0.15, 0.2) is 17.6 Å². The topological polar surface area (TPSA) is 32.3 Å². The van der Waals surface area contributed by atoms with E-state index >= 15 is 0 Å². The van der Waals surface area contributed by atoms with Crippen LogP contribution in [-0.2, 0) is 6.54 Å². The Morgan fingerprint density at radius 3 is 2.40 bits per heavy atom. The molecule has 0 bridgehead atoms. The SMILES string of the molecule is CSc1ncc(CN(C)CCN(C)C2CCCC2)cn1. The molecule has 1 saturated carbocycles. The number of hydrogen-bond acceptors (Lipinski definition) is 5. The van der Waals surface area contributed by atoms with Crippen LogP contribution >= 0.6 is 11.8 Å². The third kappa shape index (κ3) is 4.72. The van der Waals surface area contributed by atoms with Crippen molar-refractivity contribution >= 4 is 11.8 Å². The van der Waals surface area contributed by atoms with Crippen molar-refractivity contribution in [3.63, 3.8) is 0 Å². The van der Waals surface area contributed by atoms with Gasteiger partial charge in [0.1, 0.15) is 0 Å². The lowest BCUT2D eigenvalue weighted by molar-refractivity contribution is 0.204. The zero-order valence-corrected chi connectivity index (χ0v) is 13.7. The molecule has 0 aliphatic heterocycles. The van der Waals surface area contributed by atoms with Crippen LogP contribution in [0.5, 0.6) is 0 Å². The van der Waals surface area contributed by atoms with Crippen molar-refractivity contribution in [2.24, 2.45) is 0 Å². The molecule has 0 spiro atoms. The number of aromatic nitrogens is 2. The fourth-order valence-electron chi connectivity index (χ4n) is 2.78. The molecule has 1 aromatic rings. The first-order valence-corrected chi connectivity index (χ1v) is 8.65. The molecule has 0 atom stereocenters. The molecule has 0 aromatic carbocycles. The molecule has 0 saturated heterocycles. The number of hydrogen-bond donors (Lipinski definition) is 0. The van der Waals surface area contributed by atoms with E-state index in [-0.39, 0.29) is 0 Å². The molecule has 0 radical (unpaired) electrons. The molecule has 0 unspecified atom stereocenters. The maximum absolute atomic E-state index is 4.32. The van der Waals surface area contributed by atoms with Crippen LogP contribution in [-0.4, -0.2) is 59.3 Å². The molecule has 1 aliphatic rings. The molecular formula is C15H26N4S. The van der Waals surface area contributed by atoms with Crippen LogP contribution in [0.1, 0.15) is 31.2 Å². The first-order valence-electron chi connectivity index (χ1n) is 7.42. The monoisotopic (exact) mass is 294 g/mol. The molecule has 2 rings (SSSR count). The molecule has 0 N–H and O–H groups in total. The second-order valence-electron chi connectivity index (χ2n) is 5.73. The summed E-state index contributed by atoms with van der Waals surface area (Å²) in [6, 6.07) is 0.813. The highest BCUT2D eigenvalue weighted by Gasteiger charge is 2.19. The Morgan fingerprint density at radius 1 is 1.15 bits per heavy atom. The quantitative estimate of drug-likeness (QED) is 0.570. The lowest BCUT2D eigenvalue weighted by Gasteiger charge is -2.26. The summed E-state index contributed by atoms with van der Waals surface area (Å²) < 4.78 is 0. The minimum Gasteiger partial charge on any atom is -0.302 e. The molecule has 0 amide bonds. The van der Waals surface area contributed by atoms with Gasteiger partial charge < -0.3 is 9.80 Å². The molecule has 1 aromatic heterocycles. The Hall–Kier alpha value is -0.650. The third-order valence-electron chi connectivity index (χ3n) is 4.10. The molecule has 112 valence electrons. The number of nitrogens with zero attached hydrogens (tertiary/aromatic N) is 4. The van der Waals surface area contributed by atoms with E-state index in [1.165, 1.54) is 31.2 Å². The van der Waals surface area contributed by atoms with Gasteiger partial charge in [-0.3, -0.25) is 0 Å². The van der Waals surface area contributed by atoms with E-state index in [4.69, 9.17) is 0 Å². The van der Waals surface area contributed by atoms with E-state index in [0.29, 0.717) is 0 Å². The van der Waals surface area contributed by atoms with E-state index in [9.17, 15) is 0 Å². The zero-order chi connectivity index (χ0) is 14.4. The van der Waals surface area contributed by atoms with Crippen LogP contribution in [0.4, 0.5) is 0 Å². The Labute approximate surface area is 127 Å². The minimum atomic E-state index is 0.813. The first-order chi connectivity index (χ1) is 9.69. The summed E-state index contributed by atoms with van der Waals surface area (Å²) in [4.78, 5) is 13.5. The van der Waals surface area contributed by atoms with Gasteiger partial charge in [0.05, 0.1) is 0 Å². The largest absolute Gasteiger partial charge is 0.302 e. The van der Waals surface area contributed by atoms with Crippen molar-refractivity contribution in [1.29, 1.82) is 0 Å². The summed E-state index contributed by atoms with van der Waals surface area (Å²) in [5.41, 5.74) is 1.19. The van der Waals surface area contributed by atoms with E-state index in [1.54, 1.807) is 11.8 Å². The Kier molecular flexibility index (Phi) is 6.26. The average molecular weight is 294 g/mol. The summed E-state index contributed by atoms with van der Waals surface area (Å²) in [6.45, 7) is 3.16. The highest BCUT2D eigenvalue weighted by molar-refractivity contribution is 7.98. The average Bonchev–Trinajstić information content (AvgIpc) is 3.00. The maximum Gasteiger partial charge on any atom is 0.187 e. The third-order valence-corrected chi connectivity index (χ3v) is 4.68. The molecule has 20 heavy (non-hydrogen) atoms. The zero-order valence-electron chi connectivity index (χ0n) is 12.9. The van der Waals surface area contributed by atoms with Gasteiger partial charge in [-0.15, -0.1) is 0 Å². The molecule has 1 aliphatic carbocycles. The van der Waals surface area contributed by atoms with Gasteiger partial charge in [-0.05, 0) is 33.2 Å². The molecule has 1 fully saturated rings. The standard InChI is InChI=1S/C15H26N4S/c1-18(8-9-19(2)14-6-4-5-7-14)12-13-10-16-15(20-3)17-11-13/h10-11,14H,4-9,12H2,1-3H3. The van der Waals surface area contributed by atoms with E-state index < -0.39 is 0 Å². The molecule has 5 heteroatoms. The normalized spacial score (nSPS) is 16.4. The van der Waals surface area contributed by atoms with Gasteiger partial charge in [0.25, 0.3) is 0 Å². The van der Waals surface area contributed by atoms with Gasteiger partial charge in [-0.1, -0.05) is 24.6 Å². The smallest absolute Gasteiger partial charge is 0.187 e. The van der Waals surface area contributed by atoms with Crippen molar-refractivity contribution < 1.29 is 0 Å². The summed E-state index contributed by atoms with van der Waals surface area (Å²) in [5.74, 6) is 0. The predicted molar refractivity (Wildman–Crippen MR) is 85.0 cm³/mol. The van der Waals surface area contributed by atoms with Crippen molar-refractivity contribution in [2.75, 3.05) is 33.4 Å². The van der Waals surface area contributed by atoms with E-state index in [2.05, 4.69) is 33.9 Å². The summed E-state index contributed by atoms with van der Waals surface area (Å²) in [7, 11) is 4.44. The lowest BCUT2D eigenvalue weighted by atomic mass is 10.2.